The second-order valence-corrected chi connectivity index (χ2v) is 9.33. The molecule has 1 aliphatic carbocycles. The predicted octanol–water partition coefficient (Wildman–Crippen LogP) is 4.54. The number of rotatable bonds is 2. The molecule has 34 heavy (non-hydrogen) atoms. The molecule has 5 rings (SSSR count). The molecule has 10 heteroatoms. The number of fused-ring (bicyclic) bond motifs is 9. The largest absolute Gasteiger partial charge is 0.488 e. The molecule has 176 valence electrons. The molecule has 8 nitrogen and oxygen atoms in total. The lowest BCUT2D eigenvalue weighted by atomic mass is 10.1. The van der Waals surface area contributed by atoms with Crippen molar-refractivity contribution in [2.75, 3.05) is 18.5 Å². The summed E-state index contributed by atoms with van der Waals surface area (Å²) < 4.78 is 12.0. The zero-order chi connectivity index (χ0) is 24.1. The van der Waals surface area contributed by atoms with E-state index in [0.29, 0.717) is 48.0 Å². The van der Waals surface area contributed by atoms with Crippen LogP contribution in [0, 0.1) is 11.3 Å². The first-order chi connectivity index (χ1) is 16.4. The second kappa shape index (κ2) is 10.4. The molecule has 2 amide bonds. The minimum Gasteiger partial charge on any atom is -0.488 e. The minimum absolute atomic E-state index is 0.162. The van der Waals surface area contributed by atoms with Crippen molar-refractivity contribution in [3.8, 4) is 11.8 Å². The van der Waals surface area contributed by atoms with E-state index in [4.69, 9.17) is 21.1 Å². The average molecular weight is 546 g/mol. The summed E-state index contributed by atoms with van der Waals surface area (Å²) in [4.78, 5) is 25.7. The number of anilines is 1. The highest BCUT2D eigenvalue weighted by atomic mass is 79.9. The van der Waals surface area contributed by atoms with E-state index in [1.54, 1.807) is 30.3 Å². The van der Waals surface area contributed by atoms with Gasteiger partial charge in [0, 0.05) is 23.1 Å². The number of nitriles is 1. The number of amides is 2. The highest BCUT2D eigenvalue weighted by molar-refractivity contribution is 9.10. The first-order valence-corrected chi connectivity index (χ1v) is 11.9. The van der Waals surface area contributed by atoms with E-state index in [9.17, 15) is 14.9 Å². The molecule has 0 saturated heterocycles. The molecular weight excluding hydrogens is 524 g/mol. The maximum Gasteiger partial charge on any atom is 0.410 e. The number of nitrogens with one attached hydrogen (secondary N) is 3. The number of carbonyl (C=O) groups excluding carboxylic acids is 2. The molecule has 1 atom stereocenters. The number of halogens is 2. The maximum atomic E-state index is 13.2. The van der Waals surface area contributed by atoms with Crippen LogP contribution >= 0.6 is 27.5 Å². The molecule has 3 N–H and O–H groups in total. The van der Waals surface area contributed by atoms with Gasteiger partial charge in [-0.2, -0.15) is 5.26 Å². The third kappa shape index (κ3) is 6.01. The molecule has 2 aliphatic heterocycles. The summed E-state index contributed by atoms with van der Waals surface area (Å²) in [6.07, 6.45) is 3.25. The number of ether oxygens (including phenoxy) is 2. The van der Waals surface area contributed by atoms with Crippen molar-refractivity contribution in [1.29, 1.82) is 5.26 Å². The van der Waals surface area contributed by atoms with E-state index in [1.165, 1.54) is 0 Å². The Morgan fingerprint density at radius 3 is 2.82 bits per heavy atom. The molecule has 1 fully saturated rings. The Morgan fingerprint density at radius 2 is 2.09 bits per heavy atom. The van der Waals surface area contributed by atoms with Crippen LogP contribution in [0.1, 0.15) is 28.8 Å². The third-order valence-electron chi connectivity index (χ3n) is 5.40. The molecule has 1 saturated carbocycles. The van der Waals surface area contributed by atoms with E-state index in [1.807, 2.05) is 18.2 Å². The third-order valence-corrected chi connectivity index (χ3v) is 6.19. The number of benzene rings is 2. The van der Waals surface area contributed by atoms with Crippen molar-refractivity contribution in [1.82, 2.24) is 10.6 Å². The highest BCUT2D eigenvalue weighted by Crippen LogP contribution is 2.34. The van der Waals surface area contributed by atoms with Gasteiger partial charge in [0.2, 0.25) is 0 Å². The molecule has 0 radical (unpaired) electrons. The smallest absolute Gasteiger partial charge is 0.410 e. The molecule has 2 aromatic rings. The Labute approximate surface area is 210 Å². The van der Waals surface area contributed by atoms with Gasteiger partial charge >= 0.3 is 6.09 Å². The van der Waals surface area contributed by atoms with Crippen LogP contribution in [0.5, 0.6) is 5.75 Å². The SMILES string of the molecule is N#CC1(NC(=O)O[C@H]2Cc3ccc(c(Cl)c3)OC/C=C/CNc3ccc(Br)cc3C(=O)N2)CC1. The summed E-state index contributed by atoms with van der Waals surface area (Å²) in [5, 5.41) is 18.2. The Morgan fingerprint density at radius 1 is 1.26 bits per heavy atom. The van der Waals surface area contributed by atoms with Gasteiger partial charge in [-0.05, 0) is 54.8 Å². The van der Waals surface area contributed by atoms with Crippen molar-refractivity contribution in [2.45, 2.75) is 31.0 Å². The second-order valence-electron chi connectivity index (χ2n) is 8.01. The normalized spacial score (nSPS) is 19.9. The summed E-state index contributed by atoms with van der Waals surface area (Å²) in [6.45, 7) is 0.803. The van der Waals surface area contributed by atoms with E-state index in [0.717, 1.165) is 10.0 Å². The summed E-state index contributed by atoms with van der Waals surface area (Å²) in [6, 6.07) is 12.6. The number of hydrogen-bond acceptors (Lipinski definition) is 6. The van der Waals surface area contributed by atoms with Crippen molar-refractivity contribution in [2.24, 2.45) is 0 Å². The molecule has 0 aromatic heterocycles. The van der Waals surface area contributed by atoms with Crippen LogP contribution < -0.4 is 20.7 Å². The van der Waals surface area contributed by atoms with Crippen LogP contribution in [0.25, 0.3) is 0 Å². The molecule has 3 aliphatic rings. The minimum atomic E-state index is -1.01. The fraction of sp³-hybridized carbons (Fsp3) is 0.292. The topological polar surface area (TPSA) is 112 Å². The Bertz CT molecular complexity index is 1180. The first kappa shape index (κ1) is 23.9. The number of nitrogens with zero attached hydrogens (tertiary/aromatic N) is 1. The van der Waals surface area contributed by atoms with Crippen LogP contribution in [-0.2, 0) is 11.2 Å². The van der Waals surface area contributed by atoms with Crippen molar-refractivity contribution in [3.63, 3.8) is 0 Å². The zero-order valence-corrected chi connectivity index (χ0v) is 20.4. The molecular formula is C24H22BrClN4O4. The molecule has 0 spiro atoms. The summed E-state index contributed by atoms with van der Waals surface area (Å²) in [5.41, 5.74) is 0.835. The summed E-state index contributed by atoms with van der Waals surface area (Å²) in [5.74, 6) is 0.0967. The predicted molar refractivity (Wildman–Crippen MR) is 131 cm³/mol. The van der Waals surface area contributed by atoms with Crippen LogP contribution in [-0.4, -0.2) is 36.9 Å². The van der Waals surface area contributed by atoms with Crippen molar-refractivity contribution >= 4 is 45.2 Å². The van der Waals surface area contributed by atoms with Crippen LogP contribution in [0.4, 0.5) is 10.5 Å². The fourth-order valence-electron chi connectivity index (χ4n) is 3.41. The van der Waals surface area contributed by atoms with Gasteiger partial charge in [-0.15, -0.1) is 0 Å². The summed E-state index contributed by atoms with van der Waals surface area (Å²) in [7, 11) is 0. The lowest BCUT2D eigenvalue weighted by molar-refractivity contribution is 0.0624. The number of hydrogen-bond donors (Lipinski definition) is 3. The highest BCUT2D eigenvalue weighted by Gasteiger charge is 2.45. The van der Waals surface area contributed by atoms with E-state index in [-0.39, 0.29) is 6.42 Å². The first-order valence-electron chi connectivity index (χ1n) is 10.7. The van der Waals surface area contributed by atoms with Crippen molar-refractivity contribution < 1.29 is 19.1 Å². The van der Waals surface area contributed by atoms with Crippen LogP contribution in [0.3, 0.4) is 0 Å². The number of alkyl carbamates (subject to hydrolysis) is 1. The van der Waals surface area contributed by atoms with Gasteiger partial charge in [0.25, 0.3) is 5.91 Å². The Kier molecular flexibility index (Phi) is 7.29. The molecule has 0 unspecified atom stereocenters. The lowest BCUT2D eigenvalue weighted by Gasteiger charge is -2.22. The van der Waals surface area contributed by atoms with Gasteiger partial charge in [-0.3, -0.25) is 4.79 Å². The molecule has 2 bridgehead atoms. The standard InChI is InChI=1S/C24H22BrClN4O4/c25-16-4-5-19-17(13-16)22(31)29-21(34-23(32)30-24(14-27)7-8-24)12-15-3-6-20(18(26)11-15)33-10-2-1-9-28-19/h1-6,11,13,21,28H,7-10,12H2,(H,29,31)(H,30,32)/b2-1+/t21-/m0/s1. The maximum absolute atomic E-state index is 13.2. The van der Waals surface area contributed by atoms with Crippen LogP contribution in [0.2, 0.25) is 5.02 Å². The van der Waals surface area contributed by atoms with Gasteiger partial charge in [-0.1, -0.05) is 39.7 Å². The van der Waals surface area contributed by atoms with Gasteiger partial charge in [-0.25, -0.2) is 4.79 Å². The lowest BCUT2D eigenvalue weighted by Crippen LogP contribution is -2.45. The van der Waals surface area contributed by atoms with Gasteiger partial charge < -0.3 is 25.4 Å². The fourth-order valence-corrected chi connectivity index (χ4v) is 4.03. The average Bonchev–Trinajstić information content (AvgIpc) is 3.57. The quantitative estimate of drug-likeness (QED) is 0.478. The number of carbonyl (C=O) groups is 2. The van der Waals surface area contributed by atoms with Gasteiger partial charge in [0.05, 0.1) is 16.7 Å². The Balaban J connectivity index is 1.62. The molecule has 2 heterocycles. The Hall–Kier alpha value is -3.22. The van der Waals surface area contributed by atoms with Gasteiger partial charge in [0.1, 0.15) is 17.9 Å². The van der Waals surface area contributed by atoms with E-state index < -0.39 is 23.8 Å². The van der Waals surface area contributed by atoms with Crippen LogP contribution in [0.15, 0.2) is 53.0 Å². The zero-order valence-electron chi connectivity index (χ0n) is 18.1. The van der Waals surface area contributed by atoms with E-state index >= 15 is 0 Å². The van der Waals surface area contributed by atoms with Gasteiger partial charge in [0.15, 0.2) is 6.23 Å². The van der Waals surface area contributed by atoms with E-state index in [2.05, 4.69) is 37.9 Å². The van der Waals surface area contributed by atoms with Crippen molar-refractivity contribution in [3.05, 3.63) is 69.2 Å². The monoisotopic (exact) mass is 544 g/mol. The summed E-state index contributed by atoms with van der Waals surface area (Å²) >= 11 is 9.77. The molecule has 2 aromatic carbocycles.